The summed E-state index contributed by atoms with van der Waals surface area (Å²) in [5.41, 5.74) is 0.985. The lowest BCUT2D eigenvalue weighted by molar-refractivity contribution is 0.0696. The highest BCUT2D eigenvalue weighted by Gasteiger charge is 2.11. The van der Waals surface area contributed by atoms with Gasteiger partial charge in [0.25, 0.3) is 5.91 Å². The van der Waals surface area contributed by atoms with Crippen molar-refractivity contribution in [3.63, 3.8) is 0 Å². The Bertz CT molecular complexity index is 670. The molecule has 0 aliphatic carbocycles. The van der Waals surface area contributed by atoms with E-state index < -0.39 is 11.9 Å². The molecule has 0 radical (unpaired) electrons. The predicted octanol–water partition coefficient (Wildman–Crippen LogP) is 1.46. The topological polar surface area (TPSA) is 99.5 Å². The Morgan fingerprint density at radius 1 is 1.19 bits per heavy atom. The van der Waals surface area contributed by atoms with E-state index in [-0.39, 0.29) is 17.0 Å². The Hall–Kier alpha value is -2.89. The summed E-state index contributed by atoms with van der Waals surface area (Å²) in [6, 6.07) is 9.44. The van der Waals surface area contributed by atoms with Crippen LogP contribution >= 0.6 is 0 Å². The summed E-state index contributed by atoms with van der Waals surface area (Å²) in [6.07, 6.45) is 1.91. The van der Waals surface area contributed by atoms with E-state index in [1.165, 1.54) is 24.4 Å². The van der Waals surface area contributed by atoms with Gasteiger partial charge in [0, 0.05) is 12.7 Å². The molecule has 21 heavy (non-hydrogen) atoms. The molecule has 0 aliphatic rings. The molecule has 108 valence electrons. The average molecular weight is 286 g/mol. The Morgan fingerprint density at radius 3 is 2.71 bits per heavy atom. The zero-order valence-corrected chi connectivity index (χ0v) is 11.1. The van der Waals surface area contributed by atoms with Crippen molar-refractivity contribution in [2.75, 3.05) is 6.54 Å². The van der Waals surface area contributed by atoms with Crippen molar-refractivity contribution < 1.29 is 19.8 Å². The SMILES string of the molecule is O=C(O)c1cccc(CCNC(=O)c2ncccc2O)c1. The maximum Gasteiger partial charge on any atom is 0.335 e. The molecule has 0 saturated heterocycles. The quantitative estimate of drug-likeness (QED) is 0.772. The molecule has 0 fully saturated rings. The highest BCUT2D eigenvalue weighted by Crippen LogP contribution is 2.12. The van der Waals surface area contributed by atoms with Gasteiger partial charge in [-0.2, -0.15) is 0 Å². The van der Waals surface area contributed by atoms with Crippen molar-refractivity contribution in [2.24, 2.45) is 0 Å². The molecule has 0 unspecified atom stereocenters. The highest BCUT2D eigenvalue weighted by atomic mass is 16.4. The van der Waals surface area contributed by atoms with Crippen molar-refractivity contribution in [1.82, 2.24) is 10.3 Å². The fourth-order valence-electron chi connectivity index (χ4n) is 1.84. The maximum absolute atomic E-state index is 11.8. The molecular formula is C15H14N2O4. The number of pyridine rings is 1. The lowest BCUT2D eigenvalue weighted by atomic mass is 10.1. The van der Waals surface area contributed by atoms with E-state index in [1.807, 2.05) is 0 Å². The van der Waals surface area contributed by atoms with Gasteiger partial charge in [-0.05, 0) is 36.2 Å². The van der Waals surface area contributed by atoms with Crippen LogP contribution in [0.25, 0.3) is 0 Å². The maximum atomic E-state index is 11.8. The fraction of sp³-hybridized carbons (Fsp3) is 0.133. The second kappa shape index (κ2) is 6.51. The minimum atomic E-state index is -0.987. The number of hydrogen-bond acceptors (Lipinski definition) is 4. The van der Waals surface area contributed by atoms with E-state index in [2.05, 4.69) is 10.3 Å². The summed E-state index contributed by atoms with van der Waals surface area (Å²) >= 11 is 0. The van der Waals surface area contributed by atoms with E-state index in [0.717, 1.165) is 5.56 Å². The van der Waals surface area contributed by atoms with Gasteiger partial charge in [-0.3, -0.25) is 4.79 Å². The van der Waals surface area contributed by atoms with Crippen molar-refractivity contribution in [2.45, 2.75) is 6.42 Å². The standard InChI is InChI=1S/C15H14N2O4/c18-12-5-2-7-16-13(12)14(19)17-8-6-10-3-1-4-11(9-10)15(20)21/h1-5,7,9,18H,6,8H2,(H,17,19)(H,20,21). The van der Waals surface area contributed by atoms with E-state index in [1.54, 1.807) is 18.2 Å². The van der Waals surface area contributed by atoms with Gasteiger partial charge < -0.3 is 15.5 Å². The second-order valence-electron chi connectivity index (χ2n) is 4.38. The molecule has 6 nitrogen and oxygen atoms in total. The first-order chi connectivity index (χ1) is 10.1. The van der Waals surface area contributed by atoms with Gasteiger partial charge >= 0.3 is 5.97 Å². The first-order valence-corrected chi connectivity index (χ1v) is 6.32. The Balaban J connectivity index is 1.93. The van der Waals surface area contributed by atoms with Crippen LogP contribution in [0.5, 0.6) is 5.75 Å². The molecule has 1 amide bonds. The number of carbonyl (C=O) groups is 2. The molecule has 0 atom stereocenters. The van der Waals surface area contributed by atoms with Crippen LogP contribution in [0.15, 0.2) is 42.6 Å². The summed E-state index contributed by atoms with van der Waals surface area (Å²) in [5.74, 6) is -1.63. The zero-order chi connectivity index (χ0) is 15.2. The second-order valence-corrected chi connectivity index (χ2v) is 4.38. The van der Waals surface area contributed by atoms with Gasteiger partial charge in [0.1, 0.15) is 5.75 Å². The number of aromatic nitrogens is 1. The van der Waals surface area contributed by atoms with E-state index >= 15 is 0 Å². The molecule has 6 heteroatoms. The van der Waals surface area contributed by atoms with Crippen LogP contribution in [0.3, 0.4) is 0 Å². The lowest BCUT2D eigenvalue weighted by Crippen LogP contribution is -2.26. The average Bonchev–Trinajstić information content (AvgIpc) is 2.48. The largest absolute Gasteiger partial charge is 0.505 e. The number of carbonyl (C=O) groups excluding carboxylic acids is 1. The predicted molar refractivity (Wildman–Crippen MR) is 75.3 cm³/mol. The number of carboxylic acids is 1. The first-order valence-electron chi connectivity index (χ1n) is 6.32. The number of benzene rings is 1. The third kappa shape index (κ3) is 3.79. The van der Waals surface area contributed by atoms with Gasteiger partial charge in [-0.25, -0.2) is 9.78 Å². The molecule has 0 spiro atoms. The smallest absolute Gasteiger partial charge is 0.335 e. The van der Waals surface area contributed by atoms with Crippen molar-refractivity contribution >= 4 is 11.9 Å². The number of nitrogens with one attached hydrogen (secondary N) is 1. The number of aromatic carboxylic acids is 1. The summed E-state index contributed by atoms with van der Waals surface area (Å²) in [7, 11) is 0. The van der Waals surface area contributed by atoms with Gasteiger partial charge in [0.15, 0.2) is 5.69 Å². The zero-order valence-electron chi connectivity index (χ0n) is 11.1. The molecule has 1 aromatic heterocycles. The molecule has 2 aromatic rings. The molecule has 2 rings (SSSR count). The molecule has 0 saturated carbocycles. The molecular weight excluding hydrogens is 272 g/mol. The highest BCUT2D eigenvalue weighted by molar-refractivity contribution is 5.94. The summed E-state index contributed by atoms with van der Waals surface area (Å²) in [6.45, 7) is 0.317. The van der Waals surface area contributed by atoms with E-state index in [4.69, 9.17) is 5.11 Å². The molecule has 0 bridgehead atoms. The summed E-state index contributed by atoms with van der Waals surface area (Å²) in [5, 5.41) is 21.0. The van der Waals surface area contributed by atoms with Crippen molar-refractivity contribution in [3.05, 3.63) is 59.4 Å². The van der Waals surface area contributed by atoms with Crippen molar-refractivity contribution in [3.8, 4) is 5.75 Å². The normalized spacial score (nSPS) is 10.1. The Morgan fingerprint density at radius 2 is 2.00 bits per heavy atom. The third-order valence-corrected chi connectivity index (χ3v) is 2.87. The van der Waals surface area contributed by atoms with Crippen LogP contribution in [-0.2, 0) is 6.42 Å². The Labute approximate surface area is 121 Å². The molecule has 1 heterocycles. The van der Waals surface area contributed by atoms with E-state index in [9.17, 15) is 14.7 Å². The monoisotopic (exact) mass is 286 g/mol. The minimum Gasteiger partial charge on any atom is -0.505 e. The van der Waals surface area contributed by atoms with Crippen LogP contribution in [0, 0.1) is 0 Å². The summed E-state index contributed by atoms with van der Waals surface area (Å²) < 4.78 is 0. The molecule has 1 aromatic carbocycles. The van der Waals surface area contributed by atoms with Gasteiger partial charge in [0.2, 0.25) is 0 Å². The molecule has 0 aliphatic heterocycles. The first kappa shape index (κ1) is 14.5. The number of aromatic hydroxyl groups is 1. The number of carboxylic acid groups (broad SMARTS) is 1. The number of amides is 1. The van der Waals surface area contributed by atoms with Crippen LogP contribution in [0.2, 0.25) is 0 Å². The van der Waals surface area contributed by atoms with Crippen LogP contribution in [-0.4, -0.2) is 33.6 Å². The minimum absolute atomic E-state index is 0.0308. The number of hydrogen-bond donors (Lipinski definition) is 3. The van der Waals surface area contributed by atoms with Crippen LogP contribution < -0.4 is 5.32 Å². The van der Waals surface area contributed by atoms with Gasteiger partial charge in [-0.1, -0.05) is 12.1 Å². The molecule has 3 N–H and O–H groups in total. The van der Waals surface area contributed by atoms with Crippen LogP contribution in [0.4, 0.5) is 0 Å². The van der Waals surface area contributed by atoms with Gasteiger partial charge in [-0.15, -0.1) is 0 Å². The fourth-order valence-corrected chi connectivity index (χ4v) is 1.84. The summed E-state index contributed by atoms with van der Waals surface area (Å²) in [4.78, 5) is 26.5. The van der Waals surface area contributed by atoms with Gasteiger partial charge in [0.05, 0.1) is 5.56 Å². The number of rotatable bonds is 5. The Kier molecular flexibility index (Phi) is 4.50. The van der Waals surface area contributed by atoms with E-state index in [0.29, 0.717) is 13.0 Å². The lowest BCUT2D eigenvalue weighted by Gasteiger charge is -2.06. The van der Waals surface area contributed by atoms with Crippen LogP contribution in [0.1, 0.15) is 26.4 Å². The van der Waals surface area contributed by atoms with Crippen molar-refractivity contribution in [1.29, 1.82) is 0 Å². The number of nitrogens with zero attached hydrogens (tertiary/aromatic N) is 1. The third-order valence-electron chi connectivity index (χ3n) is 2.87.